The molecule has 0 aliphatic heterocycles. The smallest absolute Gasteiger partial charge is 0.332 e. The van der Waals surface area contributed by atoms with E-state index in [0.29, 0.717) is 35.7 Å². The van der Waals surface area contributed by atoms with Gasteiger partial charge in [0.25, 0.3) is 11.5 Å². The van der Waals surface area contributed by atoms with E-state index in [1.807, 2.05) is 26.8 Å². The van der Waals surface area contributed by atoms with Crippen LogP contribution in [-0.4, -0.2) is 69.5 Å². The van der Waals surface area contributed by atoms with E-state index in [2.05, 4.69) is 9.71 Å². The van der Waals surface area contributed by atoms with E-state index in [-0.39, 0.29) is 22.6 Å². The van der Waals surface area contributed by atoms with Crippen molar-refractivity contribution in [1.82, 2.24) is 14.5 Å². The normalized spacial score (nSPS) is 12.0. The molecule has 0 aliphatic rings. The molecule has 0 saturated carbocycles. The Labute approximate surface area is 239 Å². The van der Waals surface area contributed by atoms with Crippen LogP contribution >= 0.6 is 0 Å². The second kappa shape index (κ2) is 12.6. The zero-order valence-electron chi connectivity index (χ0n) is 24.3. The van der Waals surface area contributed by atoms with Crippen molar-refractivity contribution in [2.24, 2.45) is 0 Å². The largest absolute Gasteiger partial charge is 0.496 e. The monoisotopic (exact) mass is 584 g/mol. The molecule has 41 heavy (non-hydrogen) atoms. The Bertz CT molecular complexity index is 1680. The van der Waals surface area contributed by atoms with Gasteiger partial charge in [-0.1, -0.05) is 39.0 Å². The first-order chi connectivity index (χ1) is 19.1. The number of ether oxygens (including phenoxy) is 2. The Morgan fingerprint density at radius 2 is 1.76 bits per heavy atom. The minimum Gasteiger partial charge on any atom is -0.496 e. The molecule has 0 saturated heterocycles. The molecular formula is C29H36N4O7S. The van der Waals surface area contributed by atoms with Gasteiger partial charge in [-0.2, -0.15) is 0 Å². The van der Waals surface area contributed by atoms with Gasteiger partial charge < -0.3 is 14.4 Å². The van der Waals surface area contributed by atoms with Crippen LogP contribution < -0.4 is 20.7 Å². The molecule has 220 valence electrons. The number of likely N-dealkylation sites (N-methyl/N-ethyl adjacent to an activating group) is 1. The first-order valence-electron chi connectivity index (χ1n) is 12.7. The number of anilines is 1. The lowest BCUT2D eigenvalue weighted by molar-refractivity contribution is 0.0744. The summed E-state index contributed by atoms with van der Waals surface area (Å²) in [5, 5.41) is 0. The lowest BCUT2D eigenvalue weighted by Gasteiger charge is -2.25. The molecule has 1 aromatic heterocycles. The number of aromatic amines is 1. The fourth-order valence-electron chi connectivity index (χ4n) is 4.18. The van der Waals surface area contributed by atoms with Crippen molar-refractivity contribution in [3.8, 4) is 11.4 Å². The highest BCUT2D eigenvalue weighted by Gasteiger charge is 2.23. The molecule has 1 amide bonds. The summed E-state index contributed by atoms with van der Waals surface area (Å²) in [6.07, 6.45) is 5.93. The zero-order valence-corrected chi connectivity index (χ0v) is 25.1. The van der Waals surface area contributed by atoms with Crippen molar-refractivity contribution in [2.75, 3.05) is 45.4 Å². The van der Waals surface area contributed by atoms with Crippen molar-refractivity contribution in [3.63, 3.8) is 0 Å². The number of carbonyl (C=O) groups excluding carboxylic acids is 1. The predicted octanol–water partition coefficient (Wildman–Crippen LogP) is 3.09. The lowest BCUT2D eigenvalue weighted by Crippen LogP contribution is -2.30. The Balaban J connectivity index is 2.21. The van der Waals surface area contributed by atoms with Crippen LogP contribution in [0, 0.1) is 0 Å². The van der Waals surface area contributed by atoms with E-state index in [4.69, 9.17) is 9.47 Å². The molecule has 1 heterocycles. The SMILES string of the molecule is COCCN(C)C(=O)c1cc(NS(C)(=O)=O)ccc1C=Cc1cc(-n2ccc(=O)[nH]c2=O)cc(C(C)(C)C)c1OC. The second-order valence-corrected chi connectivity index (χ2v) is 12.3. The van der Waals surface area contributed by atoms with Gasteiger partial charge in [-0.3, -0.25) is 23.9 Å². The topological polar surface area (TPSA) is 140 Å². The maximum Gasteiger partial charge on any atom is 0.332 e. The number of aromatic nitrogens is 2. The number of nitrogens with one attached hydrogen (secondary N) is 2. The van der Waals surface area contributed by atoms with E-state index in [1.54, 1.807) is 44.5 Å². The van der Waals surface area contributed by atoms with Crippen molar-refractivity contribution < 1.29 is 22.7 Å². The highest BCUT2D eigenvalue weighted by Crippen LogP contribution is 2.37. The molecule has 0 radical (unpaired) electrons. The Morgan fingerprint density at radius 1 is 1.07 bits per heavy atom. The summed E-state index contributed by atoms with van der Waals surface area (Å²) in [5.74, 6) is 0.255. The molecule has 3 aromatic rings. The molecule has 0 fully saturated rings. The predicted molar refractivity (Wildman–Crippen MR) is 161 cm³/mol. The van der Waals surface area contributed by atoms with Gasteiger partial charge in [0.15, 0.2) is 0 Å². The number of hydrogen-bond acceptors (Lipinski definition) is 7. The molecule has 11 nitrogen and oxygen atoms in total. The van der Waals surface area contributed by atoms with Crippen molar-refractivity contribution in [2.45, 2.75) is 26.2 Å². The molecule has 0 aliphatic carbocycles. The Hall–Kier alpha value is -4.16. The summed E-state index contributed by atoms with van der Waals surface area (Å²) in [5.41, 5.74) is 1.55. The molecule has 2 N–H and O–H groups in total. The summed E-state index contributed by atoms with van der Waals surface area (Å²) in [7, 11) is 1.16. The number of rotatable bonds is 10. The summed E-state index contributed by atoms with van der Waals surface area (Å²) in [6, 6.07) is 9.55. The number of carbonyl (C=O) groups is 1. The minimum atomic E-state index is -3.57. The molecule has 0 atom stereocenters. The van der Waals surface area contributed by atoms with E-state index < -0.39 is 21.3 Å². The van der Waals surface area contributed by atoms with Gasteiger partial charge in [-0.15, -0.1) is 0 Å². The first kappa shape index (κ1) is 31.4. The second-order valence-electron chi connectivity index (χ2n) is 10.6. The lowest BCUT2D eigenvalue weighted by atomic mass is 9.84. The number of benzene rings is 2. The first-order valence-corrected chi connectivity index (χ1v) is 14.6. The third kappa shape index (κ3) is 7.95. The van der Waals surface area contributed by atoms with Crippen LogP contribution in [-0.2, 0) is 20.2 Å². The third-order valence-electron chi connectivity index (χ3n) is 6.22. The van der Waals surface area contributed by atoms with Crippen molar-refractivity contribution in [3.05, 3.63) is 85.7 Å². The molecule has 0 bridgehead atoms. The Morgan fingerprint density at radius 3 is 2.34 bits per heavy atom. The fourth-order valence-corrected chi connectivity index (χ4v) is 4.74. The fraction of sp³-hybridized carbons (Fsp3) is 0.345. The van der Waals surface area contributed by atoms with Crippen LogP contribution in [0.4, 0.5) is 5.69 Å². The summed E-state index contributed by atoms with van der Waals surface area (Å²) in [4.78, 5) is 41.4. The molecular weight excluding hydrogens is 548 g/mol. The van der Waals surface area contributed by atoms with Crippen molar-refractivity contribution in [1.29, 1.82) is 0 Å². The minimum absolute atomic E-state index is 0.250. The van der Waals surface area contributed by atoms with Gasteiger partial charge in [0.2, 0.25) is 10.0 Å². The molecule has 0 unspecified atom stereocenters. The van der Waals surface area contributed by atoms with Crippen LogP contribution in [0.5, 0.6) is 5.75 Å². The van der Waals surface area contributed by atoms with E-state index in [9.17, 15) is 22.8 Å². The van der Waals surface area contributed by atoms with Crippen LogP contribution in [0.3, 0.4) is 0 Å². The van der Waals surface area contributed by atoms with Crippen molar-refractivity contribution >= 4 is 33.8 Å². The van der Waals surface area contributed by atoms with Crippen LogP contribution in [0.1, 0.15) is 47.8 Å². The van der Waals surface area contributed by atoms with Gasteiger partial charge in [0.05, 0.1) is 25.7 Å². The van der Waals surface area contributed by atoms with Crippen LogP contribution in [0.2, 0.25) is 0 Å². The number of sulfonamides is 1. The number of methoxy groups -OCH3 is 2. The number of amides is 1. The van der Waals surface area contributed by atoms with E-state index in [0.717, 1.165) is 11.8 Å². The van der Waals surface area contributed by atoms with Gasteiger partial charge in [0.1, 0.15) is 5.75 Å². The molecule has 3 rings (SSSR count). The van der Waals surface area contributed by atoms with Gasteiger partial charge in [0, 0.05) is 55.3 Å². The van der Waals surface area contributed by atoms with Crippen LogP contribution in [0.15, 0.2) is 52.2 Å². The Kier molecular flexibility index (Phi) is 9.61. The van der Waals surface area contributed by atoms with E-state index >= 15 is 0 Å². The summed E-state index contributed by atoms with van der Waals surface area (Å²) >= 11 is 0. The average Bonchev–Trinajstić information content (AvgIpc) is 2.88. The summed E-state index contributed by atoms with van der Waals surface area (Å²) < 4.78 is 38.3. The number of nitrogens with zero attached hydrogens (tertiary/aromatic N) is 2. The zero-order chi connectivity index (χ0) is 30.5. The van der Waals surface area contributed by atoms with Gasteiger partial charge in [-0.05, 0) is 35.2 Å². The quantitative estimate of drug-likeness (QED) is 0.349. The highest BCUT2D eigenvalue weighted by molar-refractivity contribution is 7.92. The van der Waals surface area contributed by atoms with Gasteiger partial charge in [-0.25, -0.2) is 13.2 Å². The summed E-state index contributed by atoms with van der Waals surface area (Å²) in [6.45, 7) is 6.70. The molecule has 0 spiro atoms. The molecule has 2 aromatic carbocycles. The third-order valence-corrected chi connectivity index (χ3v) is 6.83. The number of hydrogen-bond donors (Lipinski definition) is 2. The van der Waals surface area contributed by atoms with Gasteiger partial charge >= 0.3 is 5.69 Å². The molecule has 12 heteroatoms. The average molecular weight is 585 g/mol. The van der Waals surface area contributed by atoms with E-state index in [1.165, 1.54) is 34.9 Å². The maximum atomic E-state index is 13.4. The maximum absolute atomic E-state index is 13.4. The number of H-pyrrole nitrogens is 1. The standard InChI is InChI=1S/C29H36N4O7S/c1-29(2,3)24-18-22(33-13-12-25(34)30-28(33)36)16-20(26(24)40-6)9-8-19-10-11-21(31-41(7,37)38)17-23(19)27(35)32(4)14-15-39-5/h8-13,16-18,31H,14-15H2,1-7H3,(H,30,34,36). The highest BCUT2D eigenvalue weighted by atomic mass is 32.2. The van der Waals surface area contributed by atoms with Crippen LogP contribution in [0.25, 0.3) is 17.8 Å².